The Kier molecular flexibility index (Phi) is 4.88. The summed E-state index contributed by atoms with van der Waals surface area (Å²) in [6.45, 7) is 0.724. The summed E-state index contributed by atoms with van der Waals surface area (Å²) in [6, 6.07) is 11.3. The van der Waals surface area contributed by atoms with Crippen LogP contribution in [-0.2, 0) is 0 Å². The average molecular weight is 309 g/mol. The highest BCUT2D eigenvalue weighted by Crippen LogP contribution is 2.32. The van der Waals surface area contributed by atoms with Gasteiger partial charge in [-0.25, -0.2) is 0 Å². The summed E-state index contributed by atoms with van der Waals surface area (Å²) >= 11 is 3.42. The molecule has 0 saturated carbocycles. The Morgan fingerprint density at radius 2 is 1.72 bits per heavy atom. The van der Waals surface area contributed by atoms with Crippen molar-refractivity contribution in [1.82, 2.24) is 0 Å². The molecule has 0 aliphatic heterocycles. The first-order valence-corrected chi connectivity index (χ1v) is 7.34. The van der Waals surface area contributed by atoms with E-state index in [4.69, 9.17) is 4.74 Å². The zero-order chi connectivity index (χ0) is 12.8. The van der Waals surface area contributed by atoms with Crippen LogP contribution in [0.4, 0.5) is 0 Å². The fourth-order valence-electron chi connectivity index (χ4n) is 1.94. The summed E-state index contributed by atoms with van der Waals surface area (Å²) in [5.41, 5.74) is 0. The summed E-state index contributed by atoms with van der Waals surface area (Å²) in [6.07, 6.45) is 3.40. The Balaban J connectivity index is 2.07. The molecule has 0 atom stereocenters. The fraction of sp³-hybridized carbons (Fsp3) is 0.333. The van der Waals surface area contributed by atoms with E-state index in [0.29, 0.717) is 5.75 Å². The first-order valence-electron chi connectivity index (χ1n) is 6.22. The molecule has 3 heteroatoms. The second-order valence-electron chi connectivity index (χ2n) is 4.23. The monoisotopic (exact) mass is 308 g/mol. The largest absolute Gasteiger partial charge is 0.507 e. The van der Waals surface area contributed by atoms with E-state index in [2.05, 4.69) is 15.9 Å². The van der Waals surface area contributed by atoms with Gasteiger partial charge in [0.1, 0.15) is 11.5 Å². The van der Waals surface area contributed by atoms with Crippen molar-refractivity contribution in [2.24, 2.45) is 0 Å². The van der Waals surface area contributed by atoms with Crippen molar-refractivity contribution in [2.45, 2.75) is 19.3 Å². The summed E-state index contributed by atoms with van der Waals surface area (Å²) < 4.78 is 5.79. The topological polar surface area (TPSA) is 29.5 Å². The lowest BCUT2D eigenvalue weighted by molar-refractivity contribution is 0.309. The quantitative estimate of drug-likeness (QED) is 0.629. The molecule has 2 aromatic rings. The number of rotatable bonds is 6. The van der Waals surface area contributed by atoms with Crippen molar-refractivity contribution in [2.75, 3.05) is 11.9 Å². The van der Waals surface area contributed by atoms with Crippen molar-refractivity contribution >= 4 is 26.7 Å². The first kappa shape index (κ1) is 13.2. The van der Waals surface area contributed by atoms with Crippen LogP contribution in [-0.4, -0.2) is 17.0 Å². The second kappa shape index (κ2) is 6.64. The number of unbranched alkanes of at least 4 members (excludes halogenated alkanes) is 2. The zero-order valence-electron chi connectivity index (χ0n) is 10.2. The number of benzene rings is 2. The molecule has 0 aliphatic rings. The number of phenols is 1. The number of phenolic OH excluding ortho intramolecular Hbond substituents is 1. The van der Waals surface area contributed by atoms with Crippen molar-refractivity contribution < 1.29 is 9.84 Å². The van der Waals surface area contributed by atoms with Crippen LogP contribution in [0.1, 0.15) is 19.3 Å². The Labute approximate surface area is 116 Å². The lowest BCUT2D eigenvalue weighted by Crippen LogP contribution is -1.98. The summed E-state index contributed by atoms with van der Waals surface area (Å²) in [7, 11) is 0. The van der Waals surface area contributed by atoms with Crippen LogP contribution >= 0.6 is 15.9 Å². The van der Waals surface area contributed by atoms with Gasteiger partial charge in [-0.15, -0.1) is 0 Å². The van der Waals surface area contributed by atoms with Crippen LogP contribution in [0.2, 0.25) is 0 Å². The molecular formula is C15H17BrO2. The molecule has 0 spiro atoms. The molecule has 18 heavy (non-hydrogen) atoms. The maximum atomic E-state index is 9.78. The van der Waals surface area contributed by atoms with E-state index in [1.165, 1.54) is 12.8 Å². The van der Waals surface area contributed by atoms with E-state index in [0.717, 1.165) is 34.9 Å². The smallest absolute Gasteiger partial charge is 0.127 e. The third kappa shape index (κ3) is 3.16. The molecule has 2 aromatic carbocycles. The Morgan fingerprint density at radius 1 is 0.944 bits per heavy atom. The number of fused-ring (bicyclic) bond motifs is 1. The van der Waals surface area contributed by atoms with Crippen LogP contribution in [0.25, 0.3) is 10.8 Å². The lowest BCUT2D eigenvalue weighted by Gasteiger charge is -2.10. The maximum Gasteiger partial charge on any atom is 0.127 e. The molecular weight excluding hydrogens is 292 g/mol. The number of hydrogen-bond acceptors (Lipinski definition) is 2. The van der Waals surface area contributed by atoms with E-state index in [-0.39, 0.29) is 0 Å². The van der Waals surface area contributed by atoms with Gasteiger partial charge in [0, 0.05) is 16.1 Å². The van der Waals surface area contributed by atoms with Crippen LogP contribution < -0.4 is 4.74 Å². The lowest BCUT2D eigenvalue weighted by atomic mass is 10.1. The molecule has 0 bridgehead atoms. The first-order chi connectivity index (χ1) is 8.83. The van der Waals surface area contributed by atoms with Gasteiger partial charge in [0.15, 0.2) is 0 Å². The minimum atomic E-state index is 0.303. The van der Waals surface area contributed by atoms with E-state index in [9.17, 15) is 5.11 Å². The fourth-order valence-corrected chi connectivity index (χ4v) is 2.33. The number of alkyl halides is 1. The molecule has 0 aliphatic carbocycles. The maximum absolute atomic E-state index is 9.78. The molecule has 2 nitrogen and oxygen atoms in total. The standard InChI is InChI=1S/C15H17BrO2/c16-10-4-1-5-11-18-15-9-8-14(17)12-6-2-3-7-13(12)15/h2-3,6-9,17H,1,4-5,10-11H2. The molecule has 0 aromatic heterocycles. The number of halogens is 1. The molecule has 0 amide bonds. The predicted molar refractivity (Wildman–Crippen MR) is 78.8 cm³/mol. The van der Waals surface area contributed by atoms with Crippen LogP contribution in [0.3, 0.4) is 0 Å². The van der Waals surface area contributed by atoms with Gasteiger partial charge in [-0.05, 0) is 31.4 Å². The summed E-state index contributed by atoms with van der Waals surface area (Å²) in [4.78, 5) is 0. The average Bonchev–Trinajstić information content (AvgIpc) is 2.41. The number of aromatic hydroxyl groups is 1. The highest BCUT2D eigenvalue weighted by molar-refractivity contribution is 9.09. The van der Waals surface area contributed by atoms with Gasteiger partial charge >= 0.3 is 0 Å². The minimum Gasteiger partial charge on any atom is -0.507 e. The molecule has 0 heterocycles. The summed E-state index contributed by atoms with van der Waals surface area (Å²) in [5, 5.41) is 12.6. The molecule has 1 N–H and O–H groups in total. The van der Waals surface area contributed by atoms with E-state index in [1.54, 1.807) is 6.07 Å². The molecule has 96 valence electrons. The molecule has 0 radical (unpaired) electrons. The highest BCUT2D eigenvalue weighted by atomic mass is 79.9. The van der Waals surface area contributed by atoms with E-state index < -0.39 is 0 Å². The molecule has 2 rings (SSSR count). The van der Waals surface area contributed by atoms with Gasteiger partial charge < -0.3 is 9.84 Å². The third-order valence-corrected chi connectivity index (χ3v) is 3.46. The predicted octanol–water partition coefficient (Wildman–Crippen LogP) is 4.49. The minimum absolute atomic E-state index is 0.303. The van der Waals surface area contributed by atoms with Gasteiger partial charge in [0.2, 0.25) is 0 Å². The molecule has 0 unspecified atom stereocenters. The number of ether oxygens (including phenoxy) is 1. The van der Waals surface area contributed by atoms with Gasteiger partial charge in [0.25, 0.3) is 0 Å². The van der Waals surface area contributed by atoms with Gasteiger partial charge in [-0.3, -0.25) is 0 Å². The van der Waals surface area contributed by atoms with E-state index in [1.807, 2.05) is 30.3 Å². The van der Waals surface area contributed by atoms with Crippen LogP contribution in [0.15, 0.2) is 36.4 Å². The van der Waals surface area contributed by atoms with Crippen molar-refractivity contribution in [3.63, 3.8) is 0 Å². The Hall–Kier alpha value is -1.22. The Morgan fingerprint density at radius 3 is 2.50 bits per heavy atom. The molecule has 0 saturated heterocycles. The number of hydrogen-bond donors (Lipinski definition) is 1. The zero-order valence-corrected chi connectivity index (χ0v) is 11.8. The third-order valence-electron chi connectivity index (χ3n) is 2.90. The van der Waals surface area contributed by atoms with Crippen molar-refractivity contribution in [3.8, 4) is 11.5 Å². The van der Waals surface area contributed by atoms with Crippen LogP contribution in [0, 0.1) is 0 Å². The van der Waals surface area contributed by atoms with Gasteiger partial charge in [0.05, 0.1) is 6.61 Å². The normalized spacial score (nSPS) is 10.7. The van der Waals surface area contributed by atoms with Gasteiger partial charge in [-0.2, -0.15) is 0 Å². The van der Waals surface area contributed by atoms with Gasteiger partial charge in [-0.1, -0.05) is 40.2 Å². The van der Waals surface area contributed by atoms with E-state index >= 15 is 0 Å². The summed E-state index contributed by atoms with van der Waals surface area (Å²) in [5.74, 6) is 1.15. The van der Waals surface area contributed by atoms with Crippen molar-refractivity contribution in [3.05, 3.63) is 36.4 Å². The Bertz CT molecular complexity index is 511. The second-order valence-corrected chi connectivity index (χ2v) is 5.02. The SMILES string of the molecule is Oc1ccc(OCCCCCBr)c2ccccc12. The highest BCUT2D eigenvalue weighted by Gasteiger charge is 2.05. The van der Waals surface area contributed by atoms with Crippen LogP contribution in [0.5, 0.6) is 11.5 Å². The van der Waals surface area contributed by atoms with Crippen molar-refractivity contribution in [1.29, 1.82) is 0 Å². The molecule has 0 fully saturated rings.